The van der Waals surface area contributed by atoms with E-state index in [1.54, 1.807) is 18.2 Å². The summed E-state index contributed by atoms with van der Waals surface area (Å²) in [6, 6.07) is 19.0. The number of anilines is 2. The molecule has 3 aromatic rings. The molecule has 192 valence electrons. The Morgan fingerprint density at radius 2 is 1.49 bits per heavy atom. The van der Waals surface area contributed by atoms with Gasteiger partial charge in [0, 0.05) is 37.6 Å². The van der Waals surface area contributed by atoms with Crippen LogP contribution in [0.2, 0.25) is 0 Å². The molecular weight excluding hydrogens is 475 g/mol. The second-order valence-corrected chi connectivity index (χ2v) is 8.74. The lowest BCUT2D eigenvalue weighted by Crippen LogP contribution is -2.55. The fourth-order valence-corrected chi connectivity index (χ4v) is 4.08. The maximum Gasteiger partial charge on any atom is 0.323 e. The van der Waals surface area contributed by atoms with E-state index in [4.69, 9.17) is 5.73 Å². The van der Waals surface area contributed by atoms with Crippen LogP contribution < -0.4 is 21.7 Å². The number of hydrogen-bond acceptors (Lipinski definition) is 4. The van der Waals surface area contributed by atoms with Crippen LogP contribution in [0.3, 0.4) is 0 Å². The quantitative estimate of drug-likeness (QED) is 0.410. The Bertz CT molecular complexity index is 1280. The van der Waals surface area contributed by atoms with E-state index >= 15 is 0 Å². The molecule has 1 saturated heterocycles. The molecule has 10 heteroatoms. The number of nitrogens with two attached hydrogens (primary N) is 1. The monoisotopic (exact) mass is 504 g/mol. The SMILES string of the molecule is Cc1ccc(NC(=O)N2CCN(C(=O)Nc3cccc(F)c3)C2C(=O)NCc2cccc(CN)c2)cc1. The second-order valence-electron chi connectivity index (χ2n) is 8.74. The molecule has 1 heterocycles. The molecule has 3 aromatic carbocycles. The summed E-state index contributed by atoms with van der Waals surface area (Å²) in [6.45, 7) is 2.74. The summed E-state index contributed by atoms with van der Waals surface area (Å²) >= 11 is 0. The summed E-state index contributed by atoms with van der Waals surface area (Å²) in [4.78, 5) is 42.2. The predicted octanol–water partition coefficient (Wildman–Crippen LogP) is 3.62. The minimum atomic E-state index is -1.21. The number of carbonyl (C=O) groups is 3. The van der Waals surface area contributed by atoms with Gasteiger partial charge in [-0.25, -0.2) is 14.0 Å². The van der Waals surface area contributed by atoms with Gasteiger partial charge in [-0.05, 0) is 48.4 Å². The van der Waals surface area contributed by atoms with E-state index < -0.39 is 30.0 Å². The van der Waals surface area contributed by atoms with Crippen LogP contribution in [0.5, 0.6) is 0 Å². The Kier molecular flexibility index (Phi) is 7.99. The first-order chi connectivity index (χ1) is 17.8. The number of amides is 5. The van der Waals surface area contributed by atoms with Crippen LogP contribution in [0.25, 0.3) is 0 Å². The zero-order valence-corrected chi connectivity index (χ0v) is 20.4. The molecule has 0 aromatic heterocycles. The van der Waals surface area contributed by atoms with Crippen molar-refractivity contribution in [2.24, 2.45) is 5.73 Å². The standard InChI is InChI=1S/C27H29FN6O3/c1-18-8-10-22(11-9-18)31-26(36)33-12-13-34(27(37)32-23-7-3-6-21(28)15-23)25(33)24(35)30-17-20-5-2-4-19(14-20)16-29/h2-11,14-15,25H,12-13,16-17,29H2,1H3,(H,30,35)(H,31,36)(H,32,37). The van der Waals surface area contributed by atoms with Crippen LogP contribution in [-0.2, 0) is 17.9 Å². The van der Waals surface area contributed by atoms with Gasteiger partial charge in [-0.2, -0.15) is 0 Å². The highest BCUT2D eigenvalue weighted by Gasteiger charge is 2.42. The molecule has 1 aliphatic rings. The third-order valence-corrected chi connectivity index (χ3v) is 6.00. The average Bonchev–Trinajstić information content (AvgIpc) is 3.34. The number of rotatable bonds is 6. The van der Waals surface area contributed by atoms with E-state index in [0.29, 0.717) is 12.2 Å². The molecule has 1 aliphatic heterocycles. The number of halogens is 1. The minimum Gasteiger partial charge on any atom is -0.349 e. The first kappa shape index (κ1) is 25.6. The van der Waals surface area contributed by atoms with Gasteiger partial charge in [0.25, 0.3) is 5.91 Å². The van der Waals surface area contributed by atoms with Crippen LogP contribution in [0, 0.1) is 12.7 Å². The number of aryl methyl sites for hydroxylation is 1. The molecule has 5 amide bonds. The molecule has 0 saturated carbocycles. The number of nitrogens with one attached hydrogen (secondary N) is 3. The fourth-order valence-electron chi connectivity index (χ4n) is 4.08. The summed E-state index contributed by atoms with van der Waals surface area (Å²) in [5.41, 5.74) is 9.31. The maximum absolute atomic E-state index is 13.6. The molecule has 0 radical (unpaired) electrons. The van der Waals surface area contributed by atoms with Gasteiger partial charge in [0.15, 0.2) is 6.17 Å². The fraction of sp³-hybridized carbons (Fsp3) is 0.222. The lowest BCUT2D eigenvalue weighted by Gasteiger charge is -2.29. The van der Waals surface area contributed by atoms with Gasteiger partial charge in [0.1, 0.15) is 5.82 Å². The molecule has 0 bridgehead atoms. The highest BCUT2D eigenvalue weighted by Crippen LogP contribution is 2.20. The van der Waals surface area contributed by atoms with Crippen LogP contribution in [0.15, 0.2) is 72.8 Å². The smallest absolute Gasteiger partial charge is 0.323 e. The van der Waals surface area contributed by atoms with Gasteiger partial charge < -0.3 is 21.7 Å². The van der Waals surface area contributed by atoms with E-state index in [2.05, 4.69) is 16.0 Å². The summed E-state index contributed by atoms with van der Waals surface area (Å²) in [7, 11) is 0. The number of hydrogen-bond donors (Lipinski definition) is 4. The van der Waals surface area contributed by atoms with Gasteiger partial charge in [-0.1, -0.05) is 48.0 Å². The highest BCUT2D eigenvalue weighted by atomic mass is 19.1. The van der Waals surface area contributed by atoms with Gasteiger partial charge in [0.2, 0.25) is 0 Å². The number of carbonyl (C=O) groups excluding carboxylic acids is 3. The average molecular weight is 505 g/mol. The largest absolute Gasteiger partial charge is 0.349 e. The Morgan fingerprint density at radius 3 is 2.14 bits per heavy atom. The summed E-state index contributed by atoms with van der Waals surface area (Å²) in [5, 5.41) is 8.22. The van der Waals surface area contributed by atoms with Crippen molar-refractivity contribution in [1.29, 1.82) is 0 Å². The highest BCUT2D eigenvalue weighted by molar-refractivity contribution is 5.98. The van der Waals surface area contributed by atoms with E-state index in [1.165, 1.54) is 28.0 Å². The van der Waals surface area contributed by atoms with Crippen molar-refractivity contribution in [1.82, 2.24) is 15.1 Å². The van der Waals surface area contributed by atoms with Crippen molar-refractivity contribution in [2.75, 3.05) is 23.7 Å². The van der Waals surface area contributed by atoms with Crippen LogP contribution >= 0.6 is 0 Å². The van der Waals surface area contributed by atoms with Gasteiger partial charge >= 0.3 is 12.1 Å². The van der Waals surface area contributed by atoms with Crippen molar-refractivity contribution in [3.05, 3.63) is 95.3 Å². The third kappa shape index (κ3) is 6.42. The Labute approximate surface area is 214 Å². The molecule has 1 fully saturated rings. The van der Waals surface area contributed by atoms with Crippen molar-refractivity contribution < 1.29 is 18.8 Å². The first-order valence-electron chi connectivity index (χ1n) is 11.9. The summed E-state index contributed by atoms with van der Waals surface area (Å²) in [5.74, 6) is -1.03. The predicted molar refractivity (Wildman–Crippen MR) is 139 cm³/mol. The number of benzene rings is 3. The molecule has 1 atom stereocenters. The molecule has 1 unspecified atom stereocenters. The van der Waals surface area contributed by atoms with E-state index in [1.807, 2.05) is 43.3 Å². The van der Waals surface area contributed by atoms with E-state index in [0.717, 1.165) is 16.7 Å². The summed E-state index contributed by atoms with van der Waals surface area (Å²) < 4.78 is 13.6. The van der Waals surface area contributed by atoms with Crippen molar-refractivity contribution >= 4 is 29.3 Å². The van der Waals surface area contributed by atoms with Gasteiger partial charge in [0.05, 0.1) is 0 Å². The summed E-state index contributed by atoms with van der Waals surface area (Å²) in [6.07, 6.45) is -1.21. The number of urea groups is 2. The maximum atomic E-state index is 13.6. The third-order valence-electron chi connectivity index (χ3n) is 6.00. The first-order valence-corrected chi connectivity index (χ1v) is 11.9. The minimum absolute atomic E-state index is 0.114. The lowest BCUT2D eigenvalue weighted by atomic mass is 10.1. The van der Waals surface area contributed by atoms with E-state index in [-0.39, 0.29) is 25.3 Å². The molecule has 9 nitrogen and oxygen atoms in total. The molecule has 0 aliphatic carbocycles. The van der Waals surface area contributed by atoms with Gasteiger partial charge in [-0.3, -0.25) is 14.6 Å². The molecule has 0 spiro atoms. The van der Waals surface area contributed by atoms with Gasteiger partial charge in [-0.15, -0.1) is 0 Å². The van der Waals surface area contributed by atoms with Crippen molar-refractivity contribution in [3.8, 4) is 0 Å². The second kappa shape index (κ2) is 11.5. The van der Waals surface area contributed by atoms with Crippen LogP contribution in [0.1, 0.15) is 16.7 Å². The zero-order valence-electron chi connectivity index (χ0n) is 20.4. The zero-order chi connectivity index (χ0) is 26.4. The topological polar surface area (TPSA) is 120 Å². The molecule has 5 N–H and O–H groups in total. The molecular formula is C27H29FN6O3. The van der Waals surface area contributed by atoms with Crippen LogP contribution in [-0.4, -0.2) is 47.0 Å². The molecule has 37 heavy (non-hydrogen) atoms. The molecule has 4 rings (SSSR count). The lowest BCUT2D eigenvalue weighted by molar-refractivity contribution is -0.127. The Balaban J connectivity index is 1.52. The normalized spacial score (nSPS) is 14.8. The van der Waals surface area contributed by atoms with E-state index in [9.17, 15) is 18.8 Å². The van der Waals surface area contributed by atoms with Crippen LogP contribution in [0.4, 0.5) is 25.4 Å². The van der Waals surface area contributed by atoms with Crippen molar-refractivity contribution in [3.63, 3.8) is 0 Å². The Morgan fingerprint density at radius 1 is 0.865 bits per heavy atom. The number of nitrogens with zero attached hydrogens (tertiary/aromatic N) is 2. The Hall–Kier alpha value is -4.44. The van der Waals surface area contributed by atoms with Crippen molar-refractivity contribution in [2.45, 2.75) is 26.2 Å².